The standard InChI is InChI=1S/C10H10BrN3O/c1-6-9(13-14-10(15)12-6)7-2-4-8(11)5-3-7/h2-6H,1H3,(H2,12,14,15). The van der Waals surface area contributed by atoms with Gasteiger partial charge in [-0.05, 0) is 24.6 Å². The molecule has 0 fully saturated rings. The summed E-state index contributed by atoms with van der Waals surface area (Å²) in [6.07, 6.45) is 0. The van der Waals surface area contributed by atoms with E-state index < -0.39 is 0 Å². The van der Waals surface area contributed by atoms with Gasteiger partial charge in [0.15, 0.2) is 0 Å². The smallest absolute Gasteiger partial charge is 0.328 e. The molecule has 0 spiro atoms. The Morgan fingerprint density at radius 2 is 2.00 bits per heavy atom. The third kappa shape index (κ3) is 2.18. The SMILES string of the molecule is CC1NC(=O)NN=C1c1ccc(Br)cc1. The van der Waals surface area contributed by atoms with Crippen LogP contribution in [0.25, 0.3) is 0 Å². The van der Waals surface area contributed by atoms with Gasteiger partial charge in [0, 0.05) is 4.47 Å². The predicted molar refractivity (Wildman–Crippen MR) is 61.8 cm³/mol. The Labute approximate surface area is 95.9 Å². The van der Waals surface area contributed by atoms with Gasteiger partial charge < -0.3 is 5.32 Å². The second kappa shape index (κ2) is 4.02. The van der Waals surface area contributed by atoms with E-state index >= 15 is 0 Å². The molecule has 2 N–H and O–H groups in total. The highest BCUT2D eigenvalue weighted by Crippen LogP contribution is 2.13. The average Bonchev–Trinajstić information content (AvgIpc) is 2.20. The fourth-order valence-corrected chi connectivity index (χ4v) is 1.70. The Morgan fingerprint density at radius 1 is 1.33 bits per heavy atom. The Hall–Kier alpha value is -1.36. The number of rotatable bonds is 1. The highest BCUT2D eigenvalue weighted by atomic mass is 79.9. The number of urea groups is 1. The molecule has 0 aliphatic carbocycles. The predicted octanol–water partition coefficient (Wildman–Crippen LogP) is 1.85. The number of carbonyl (C=O) groups is 1. The summed E-state index contributed by atoms with van der Waals surface area (Å²) in [6, 6.07) is 7.47. The molecule has 2 amide bonds. The van der Waals surface area contributed by atoms with E-state index in [1.807, 2.05) is 31.2 Å². The number of hydrogen-bond donors (Lipinski definition) is 2. The molecule has 0 bridgehead atoms. The van der Waals surface area contributed by atoms with Gasteiger partial charge in [-0.2, -0.15) is 5.10 Å². The van der Waals surface area contributed by atoms with Crippen molar-refractivity contribution in [2.24, 2.45) is 5.10 Å². The van der Waals surface area contributed by atoms with Crippen LogP contribution < -0.4 is 10.7 Å². The molecule has 0 radical (unpaired) electrons. The van der Waals surface area contributed by atoms with Crippen LogP contribution in [0.1, 0.15) is 12.5 Å². The molecule has 2 rings (SSSR count). The third-order valence-electron chi connectivity index (χ3n) is 2.18. The Bertz CT molecular complexity index is 413. The maximum absolute atomic E-state index is 11.0. The zero-order valence-electron chi connectivity index (χ0n) is 8.12. The first-order valence-electron chi connectivity index (χ1n) is 4.57. The largest absolute Gasteiger partial charge is 0.335 e. The lowest BCUT2D eigenvalue weighted by Crippen LogP contribution is -2.48. The molecule has 1 atom stereocenters. The van der Waals surface area contributed by atoms with Crippen LogP contribution in [0.2, 0.25) is 0 Å². The van der Waals surface area contributed by atoms with Crippen molar-refractivity contribution in [1.29, 1.82) is 0 Å². The highest BCUT2D eigenvalue weighted by molar-refractivity contribution is 9.10. The van der Waals surface area contributed by atoms with E-state index in [0.29, 0.717) is 0 Å². The van der Waals surface area contributed by atoms with E-state index in [1.54, 1.807) is 0 Å². The topological polar surface area (TPSA) is 53.5 Å². The summed E-state index contributed by atoms with van der Waals surface area (Å²) in [5.74, 6) is 0. The third-order valence-corrected chi connectivity index (χ3v) is 2.70. The molecule has 1 aromatic carbocycles. The van der Waals surface area contributed by atoms with Crippen LogP contribution in [0.3, 0.4) is 0 Å². The highest BCUT2D eigenvalue weighted by Gasteiger charge is 2.19. The summed E-state index contributed by atoms with van der Waals surface area (Å²) >= 11 is 3.37. The molecule has 1 heterocycles. The van der Waals surface area contributed by atoms with Gasteiger partial charge in [0.25, 0.3) is 0 Å². The molecule has 1 aliphatic rings. The number of carbonyl (C=O) groups excluding carboxylic acids is 1. The van der Waals surface area contributed by atoms with Gasteiger partial charge in [0.1, 0.15) is 0 Å². The second-order valence-electron chi connectivity index (χ2n) is 3.31. The molecule has 1 aromatic rings. The van der Waals surface area contributed by atoms with Gasteiger partial charge in [-0.1, -0.05) is 28.1 Å². The zero-order valence-corrected chi connectivity index (χ0v) is 9.71. The van der Waals surface area contributed by atoms with Crippen molar-refractivity contribution >= 4 is 27.7 Å². The molecule has 0 saturated heterocycles. The lowest BCUT2D eigenvalue weighted by Gasteiger charge is -2.21. The minimum absolute atomic E-state index is 0.0695. The number of nitrogens with zero attached hydrogens (tertiary/aromatic N) is 1. The number of benzene rings is 1. The summed E-state index contributed by atoms with van der Waals surface area (Å²) in [5.41, 5.74) is 4.24. The molecular formula is C10H10BrN3O. The quantitative estimate of drug-likeness (QED) is 0.802. The van der Waals surface area contributed by atoms with Gasteiger partial charge in [0.05, 0.1) is 11.8 Å². The number of halogens is 1. The maximum atomic E-state index is 11.0. The van der Waals surface area contributed by atoms with Crippen LogP contribution in [-0.2, 0) is 0 Å². The first-order chi connectivity index (χ1) is 7.16. The van der Waals surface area contributed by atoms with E-state index in [4.69, 9.17) is 0 Å². The van der Waals surface area contributed by atoms with Crippen molar-refractivity contribution in [3.8, 4) is 0 Å². The van der Waals surface area contributed by atoms with E-state index in [9.17, 15) is 4.79 Å². The minimum Gasteiger partial charge on any atom is -0.328 e. The van der Waals surface area contributed by atoms with Gasteiger partial charge in [0.2, 0.25) is 0 Å². The van der Waals surface area contributed by atoms with Crippen LogP contribution in [0.15, 0.2) is 33.8 Å². The number of hydrazone groups is 1. The van der Waals surface area contributed by atoms with E-state index in [0.717, 1.165) is 15.7 Å². The van der Waals surface area contributed by atoms with E-state index in [1.165, 1.54) is 0 Å². The molecule has 0 saturated carbocycles. The fraction of sp³-hybridized carbons (Fsp3) is 0.200. The first-order valence-corrected chi connectivity index (χ1v) is 5.36. The van der Waals surface area contributed by atoms with Crippen LogP contribution >= 0.6 is 15.9 Å². The zero-order chi connectivity index (χ0) is 10.8. The van der Waals surface area contributed by atoms with Gasteiger partial charge >= 0.3 is 6.03 Å². The van der Waals surface area contributed by atoms with Crippen molar-refractivity contribution in [2.75, 3.05) is 0 Å². The van der Waals surface area contributed by atoms with Crippen molar-refractivity contribution in [3.05, 3.63) is 34.3 Å². The summed E-state index contributed by atoms with van der Waals surface area (Å²) in [6.45, 7) is 1.90. The van der Waals surface area contributed by atoms with Crippen molar-refractivity contribution in [1.82, 2.24) is 10.7 Å². The van der Waals surface area contributed by atoms with Crippen molar-refractivity contribution in [3.63, 3.8) is 0 Å². The van der Waals surface area contributed by atoms with Crippen LogP contribution in [-0.4, -0.2) is 17.8 Å². The normalized spacial score (nSPS) is 20.3. The summed E-state index contributed by atoms with van der Waals surface area (Å²) in [4.78, 5) is 11.0. The molecule has 15 heavy (non-hydrogen) atoms. The average molecular weight is 268 g/mol. The van der Waals surface area contributed by atoms with Crippen LogP contribution in [0.4, 0.5) is 4.79 Å². The van der Waals surface area contributed by atoms with Crippen molar-refractivity contribution in [2.45, 2.75) is 13.0 Å². The van der Waals surface area contributed by atoms with Gasteiger partial charge in [-0.3, -0.25) is 0 Å². The Kier molecular flexibility index (Phi) is 2.73. The van der Waals surface area contributed by atoms with Crippen LogP contribution in [0, 0.1) is 0 Å². The van der Waals surface area contributed by atoms with E-state index in [-0.39, 0.29) is 12.1 Å². The first kappa shape index (κ1) is 10.2. The molecule has 4 nitrogen and oxygen atoms in total. The fourth-order valence-electron chi connectivity index (χ4n) is 1.44. The van der Waals surface area contributed by atoms with Crippen molar-refractivity contribution < 1.29 is 4.79 Å². The van der Waals surface area contributed by atoms with Gasteiger partial charge in [-0.25, -0.2) is 10.2 Å². The Morgan fingerprint density at radius 3 is 2.60 bits per heavy atom. The number of amides is 2. The molecule has 1 unspecified atom stereocenters. The summed E-state index contributed by atoms with van der Waals surface area (Å²) < 4.78 is 1.02. The summed E-state index contributed by atoms with van der Waals surface area (Å²) in [7, 11) is 0. The number of nitrogens with one attached hydrogen (secondary N) is 2. The maximum Gasteiger partial charge on any atom is 0.335 e. The van der Waals surface area contributed by atoms with E-state index in [2.05, 4.69) is 31.8 Å². The minimum atomic E-state index is -0.261. The number of hydrogen-bond acceptors (Lipinski definition) is 2. The molecule has 0 aromatic heterocycles. The second-order valence-corrected chi connectivity index (χ2v) is 4.23. The molecule has 1 aliphatic heterocycles. The summed E-state index contributed by atoms with van der Waals surface area (Å²) in [5, 5.41) is 6.78. The van der Waals surface area contributed by atoms with Gasteiger partial charge in [-0.15, -0.1) is 0 Å². The monoisotopic (exact) mass is 267 g/mol. The molecule has 78 valence electrons. The Balaban J connectivity index is 2.31. The molecule has 5 heteroatoms. The molecular weight excluding hydrogens is 258 g/mol. The lowest BCUT2D eigenvalue weighted by molar-refractivity contribution is 0.239. The lowest BCUT2D eigenvalue weighted by atomic mass is 10.0. The van der Waals surface area contributed by atoms with Crippen LogP contribution in [0.5, 0.6) is 0 Å².